The maximum atomic E-state index is 13.8. The van der Waals surface area contributed by atoms with E-state index in [2.05, 4.69) is 35.8 Å². The van der Waals surface area contributed by atoms with E-state index in [9.17, 15) is 38.2 Å². The quantitative estimate of drug-likeness (QED) is 0.0408. The van der Waals surface area contributed by atoms with E-state index in [1.807, 2.05) is 91.0 Å². The fourth-order valence-electron chi connectivity index (χ4n) is 6.40. The number of β-lactam (4-membered cyclic amide) rings is 1. The number of nitrogens with one attached hydrogen (secondary N) is 2. The highest BCUT2D eigenvalue weighted by molar-refractivity contribution is 8.01. The summed E-state index contributed by atoms with van der Waals surface area (Å²) in [6, 6.07) is 27.6. The molecule has 0 spiro atoms. The monoisotopic (exact) mass is 832 g/mol. The molecule has 4 heterocycles. The van der Waals surface area contributed by atoms with Crippen LogP contribution in [0.15, 0.2) is 123 Å². The number of carboxylic acids is 1. The van der Waals surface area contributed by atoms with Crippen molar-refractivity contribution in [3.8, 4) is 5.88 Å². The summed E-state index contributed by atoms with van der Waals surface area (Å²) in [5.74, 6) is -3.87. The summed E-state index contributed by atoms with van der Waals surface area (Å²) in [7, 11) is 1.36. The lowest BCUT2D eigenvalue weighted by Gasteiger charge is -2.49. The van der Waals surface area contributed by atoms with Crippen molar-refractivity contribution in [2.24, 2.45) is 12.2 Å². The summed E-state index contributed by atoms with van der Waals surface area (Å²) in [5.41, 5.74) is 0.0658. The zero-order valence-electron chi connectivity index (χ0n) is 29.5. The van der Waals surface area contributed by atoms with Gasteiger partial charge in [0.25, 0.3) is 17.7 Å². The van der Waals surface area contributed by atoms with Gasteiger partial charge < -0.3 is 25.7 Å². The minimum Gasteiger partial charge on any atom is -0.488 e. The summed E-state index contributed by atoms with van der Waals surface area (Å²) in [6.07, 6.45) is 0. The number of carbonyl (C=O) groups is 3. The number of rotatable bonds is 14. The number of fused-ring (bicyclic) bond motifs is 1. The van der Waals surface area contributed by atoms with Gasteiger partial charge in [-0.05, 0) is 22.3 Å². The van der Waals surface area contributed by atoms with E-state index in [-0.39, 0.29) is 28.1 Å². The second-order valence-corrected chi connectivity index (χ2v) is 15.3. The maximum absolute atomic E-state index is 13.8. The number of nitrogens with zero attached hydrogens (tertiary/aromatic N) is 6. The average molecular weight is 833 g/mol. The Morgan fingerprint density at radius 3 is 2.16 bits per heavy atom. The molecule has 0 saturated carbocycles. The van der Waals surface area contributed by atoms with Crippen molar-refractivity contribution in [3.63, 3.8) is 0 Å². The highest BCUT2D eigenvalue weighted by atomic mass is 32.2. The van der Waals surface area contributed by atoms with Gasteiger partial charge in [-0.1, -0.05) is 108 Å². The lowest BCUT2D eigenvalue weighted by Crippen LogP contribution is -2.71. The molecule has 2 aromatic heterocycles. The van der Waals surface area contributed by atoms with Crippen LogP contribution in [-0.2, 0) is 31.8 Å². The Morgan fingerprint density at radius 2 is 1.60 bits per heavy atom. The maximum Gasteiger partial charge on any atom is 0.407 e. The molecule has 1 saturated heterocycles. The van der Waals surface area contributed by atoms with Crippen LogP contribution in [0.5, 0.6) is 5.88 Å². The van der Waals surface area contributed by atoms with Gasteiger partial charge in [0.15, 0.2) is 16.0 Å². The molecule has 2 atom stereocenters. The van der Waals surface area contributed by atoms with E-state index < -0.39 is 58.5 Å². The van der Waals surface area contributed by atoms with Gasteiger partial charge >= 0.3 is 18.1 Å². The zero-order valence-corrected chi connectivity index (χ0v) is 31.9. The number of alkyl halides is 2. The van der Waals surface area contributed by atoms with Gasteiger partial charge in [-0.25, -0.2) is 9.78 Å². The molecular formula is C37H30F2N8O7S3. The number of hydrogen-bond donors (Lipinski definition) is 4. The van der Waals surface area contributed by atoms with Crippen LogP contribution >= 0.6 is 34.9 Å². The molecule has 2 amide bonds. The van der Waals surface area contributed by atoms with Gasteiger partial charge in [0.2, 0.25) is 0 Å². The Kier molecular flexibility index (Phi) is 11.4. The largest absolute Gasteiger partial charge is 0.488 e. The summed E-state index contributed by atoms with van der Waals surface area (Å²) < 4.78 is 27.7. The number of carbonyl (C=O) groups excluding carboxylic acids is 2. The Labute approximate surface area is 334 Å². The first-order valence-corrected chi connectivity index (χ1v) is 19.8. The number of halogens is 2. The van der Waals surface area contributed by atoms with Gasteiger partial charge in [0.05, 0.1) is 0 Å². The molecule has 292 valence electrons. The molecule has 5 aromatic rings. The van der Waals surface area contributed by atoms with Gasteiger partial charge in [-0.2, -0.15) is 8.78 Å². The van der Waals surface area contributed by atoms with Crippen LogP contribution in [-0.4, -0.2) is 87.9 Å². The third-order valence-corrected chi connectivity index (χ3v) is 12.2. The molecule has 3 aromatic carbocycles. The Bertz CT molecular complexity index is 2340. The van der Waals surface area contributed by atoms with Crippen molar-refractivity contribution in [2.75, 3.05) is 16.8 Å². The first kappa shape index (κ1) is 39.1. The minimum atomic E-state index is -3.38. The van der Waals surface area contributed by atoms with Crippen molar-refractivity contribution in [2.45, 2.75) is 28.7 Å². The first-order valence-electron chi connectivity index (χ1n) is 16.9. The third kappa shape index (κ3) is 7.70. The van der Waals surface area contributed by atoms with Gasteiger partial charge in [0.1, 0.15) is 28.3 Å². The Hall–Kier alpha value is -6.12. The molecule has 2 aliphatic heterocycles. The second-order valence-electron chi connectivity index (χ2n) is 12.4. The normalized spacial score (nSPS) is 16.9. The van der Waals surface area contributed by atoms with E-state index >= 15 is 0 Å². The second kappa shape index (κ2) is 16.5. The topological polar surface area (TPSA) is 201 Å². The molecule has 20 heteroatoms. The van der Waals surface area contributed by atoms with Crippen LogP contribution in [0.4, 0.5) is 13.9 Å². The fraction of sp³-hybridized carbons (Fsp3) is 0.189. The van der Waals surface area contributed by atoms with Gasteiger partial charge in [-0.3, -0.25) is 23.9 Å². The summed E-state index contributed by atoms with van der Waals surface area (Å²) in [6.45, 7) is -3.38. The van der Waals surface area contributed by atoms with E-state index in [0.717, 1.165) is 49.3 Å². The number of oxime groups is 1. The van der Waals surface area contributed by atoms with Crippen molar-refractivity contribution in [1.82, 2.24) is 30.0 Å². The Balaban J connectivity index is 1.14. The molecule has 15 nitrogen and oxygen atoms in total. The number of thioether (sulfide) groups is 2. The highest BCUT2D eigenvalue weighted by Crippen LogP contribution is 2.43. The number of benzene rings is 3. The highest BCUT2D eigenvalue weighted by Gasteiger charge is 2.54. The van der Waals surface area contributed by atoms with E-state index in [1.165, 1.54) is 24.2 Å². The third-order valence-electron chi connectivity index (χ3n) is 9.03. The Morgan fingerprint density at radius 1 is 1.00 bits per heavy atom. The first-order chi connectivity index (χ1) is 27.5. The summed E-state index contributed by atoms with van der Waals surface area (Å²) in [5, 5.41) is 37.3. The summed E-state index contributed by atoms with van der Waals surface area (Å²) in [4.78, 5) is 61.6. The summed E-state index contributed by atoms with van der Waals surface area (Å²) >= 11 is 3.24. The lowest BCUT2D eigenvalue weighted by molar-refractivity contribution is -0.150. The number of aromatic nitrogens is 4. The molecule has 0 radical (unpaired) electrons. The molecule has 0 bridgehead atoms. The van der Waals surface area contributed by atoms with E-state index in [1.54, 1.807) is 0 Å². The predicted molar refractivity (Wildman–Crippen MR) is 208 cm³/mol. The molecule has 4 N–H and O–H groups in total. The van der Waals surface area contributed by atoms with Crippen molar-refractivity contribution in [1.29, 1.82) is 0 Å². The van der Waals surface area contributed by atoms with Crippen LogP contribution in [0.1, 0.15) is 22.4 Å². The van der Waals surface area contributed by atoms with Gasteiger partial charge in [0, 0.05) is 23.9 Å². The number of thiazole rings is 1. The molecule has 57 heavy (non-hydrogen) atoms. The number of aromatic hydroxyl groups is 1. The lowest BCUT2D eigenvalue weighted by atomic mass is 9.77. The van der Waals surface area contributed by atoms with Crippen LogP contribution in [0.25, 0.3) is 0 Å². The molecule has 1 unspecified atom stereocenters. The number of amides is 2. The van der Waals surface area contributed by atoms with Crippen molar-refractivity contribution in [3.05, 3.63) is 140 Å². The van der Waals surface area contributed by atoms with Gasteiger partial charge in [-0.15, -0.1) is 33.3 Å². The SMILES string of the molecule is Cn1c(SCC2=C(C(=O)O)N3C(=O)C(NC(=O)C(=NOC(F)F)c4csc(NC(c5ccccc5)(c5ccccc5)c5ccccc5)n4)[C@@H]3SC2)nnc(O)c1=O. The van der Waals surface area contributed by atoms with Crippen LogP contribution in [0, 0.1) is 0 Å². The van der Waals surface area contributed by atoms with E-state index in [0.29, 0.717) is 10.7 Å². The molecule has 0 aliphatic carbocycles. The van der Waals surface area contributed by atoms with Crippen molar-refractivity contribution >= 4 is 63.5 Å². The molecule has 1 fully saturated rings. The minimum absolute atomic E-state index is 0.0109. The fourth-order valence-corrected chi connectivity index (χ4v) is 9.54. The average Bonchev–Trinajstić information content (AvgIpc) is 3.69. The van der Waals surface area contributed by atoms with Crippen molar-refractivity contribution < 1.29 is 38.2 Å². The van der Waals surface area contributed by atoms with Crippen LogP contribution in [0.2, 0.25) is 0 Å². The molecular weight excluding hydrogens is 803 g/mol. The number of carboxylic acid groups (broad SMARTS) is 1. The number of hydrogen-bond acceptors (Lipinski definition) is 14. The van der Waals surface area contributed by atoms with Crippen LogP contribution in [0.3, 0.4) is 0 Å². The number of aliphatic carboxylic acids is 1. The number of anilines is 1. The molecule has 7 rings (SSSR count). The van der Waals surface area contributed by atoms with E-state index in [4.69, 9.17) is 0 Å². The smallest absolute Gasteiger partial charge is 0.407 e. The standard InChI is InChI=1S/C37H30F2N8O7S3/c1-46-31(51)29(49)43-44-36(46)57-18-20-17-55-32-26(30(50)47(32)27(20)33(52)53)41-28(48)25(45-54-34(38)39)24-19-56-35(40-24)42-37(21-11-5-2-6-12-21,22-13-7-3-8-14-22)23-15-9-4-10-16-23/h2-16,19,26,32,34H,17-18H2,1H3,(H,40,42)(H,41,48)(H,43,49)(H,52,53)/t26?,32-/m0/s1. The van der Waals surface area contributed by atoms with Crippen LogP contribution < -0.4 is 16.2 Å². The predicted octanol–water partition coefficient (Wildman–Crippen LogP) is 4.22. The molecule has 2 aliphatic rings. The zero-order chi connectivity index (χ0) is 40.3.